The fraction of sp³-hybridized carbons (Fsp3) is 0.333. The number of fused-ring (bicyclic) bond motifs is 1. The van der Waals surface area contributed by atoms with Gasteiger partial charge >= 0.3 is 16.2 Å². The van der Waals surface area contributed by atoms with Crippen LogP contribution in [0.2, 0.25) is 0 Å². The van der Waals surface area contributed by atoms with Gasteiger partial charge in [0.1, 0.15) is 13.3 Å². The van der Waals surface area contributed by atoms with Gasteiger partial charge in [0.2, 0.25) is 0 Å². The Bertz CT molecular complexity index is 657. The summed E-state index contributed by atoms with van der Waals surface area (Å²) in [5, 5.41) is 0. The number of rotatable bonds is 5. The zero-order chi connectivity index (χ0) is 15.5. The van der Waals surface area contributed by atoms with Gasteiger partial charge in [-0.3, -0.25) is 14.3 Å². The van der Waals surface area contributed by atoms with Crippen molar-refractivity contribution in [3.63, 3.8) is 0 Å². The highest BCUT2D eigenvalue weighted by atomic mass is 32.2. The summed E-state index contributed by atoms with van der Waals surface area (Å²) < 4.78 is 36.5. The van der Waals surface area contributed by atoms with E-state index in [0.717, 1.165) is 0 Å². The van der Waals surface area contributed by atoms with E-state index in [4.69, 9.17) is 4.74 Å². The lowest BCUT2D eigenvalue weighted by atomic mass is 10.2. The first kappa shape index (κ1) is 15.3. The molecule has 1 amide bonds. The standard InChI is InChI=1S/C12H14N2O6S/c1-9(15)20-7-6-19-8-14-12(16)10-4-2-3-5-11(10)13-21(14,17)18/h2-5,13H,6-8H2,1H3. The molecule has 1 N–H and O–H groups in total. The van der Waals surface area contributed by atoms with E-state index in [2.05, 4.69) is 9.46 Å². The molecule has 0 atom stereocenters. The maximum atomic E-state index is 12.1. The molecule has 1 aliphatic rings. The lowest BCUT2D eigenvalue weighted by molar-refractivity contribution is -0.142. The number of para-hydroxylation sites is 1. The van der Waals surface area contributed by atoms with Crippen LogP contribution in [0.1, 0.15) is 17.3 Å². The molecule has 8 nitrogen and oxygen atoms in total. The third-order valence-electron chi connectivity index (χ3n) is 2.65. The van der Waals surface area contributed by atoms with E-state index < -0.39 is 28.8 Å². The normalized spacial score (nSPS) is 16.0. The summed E-state index contributed by atoms with van der Waals surface area (Å²) in [6.07, 6.45) is 0. The van der Waals surface area contributed by atoms with Gasteiger partial charge < -0.3 is 9.47 Å². The second-order valence-corrected chi connectivity index (χ2v) is 5.78. The van der Waals surface area contributed by atoms with Gasteiger partial charge in [0, 0.05) is 6.92 Å². The highest BCUT2D eigenvalue weighted by molar-refractivity contribution is 7.91. The lowest BCUT2D eigenvalue weighted by Gasteiger charge is -2.28. The molecule has 0 aromatic heterocycles. The third kappa shape index (κ3) is 3.50. The zero-order valence-electron chi connectivity index (χ0n) is 11.2. The van der Waals surface area contributed by atoms with E-state index in [0.29, 0.717) is 4.31 Å². The van der Waals surface area contributed by atoms with Gasteiger partial charge in [0.05, 0.1) is 17.9 Å². The number of amides is 1. The van der Waals surface area contributed by atoms with E-state index in [1.807, 2.05) is 0 Å². The fourth-order valence-electron chi connectivity index (χ4n) is 1.72. The Morgan fingerprint density at radius 1 is 1.29 bits per heavy atom. The topological polar surface area (TPSA) is 102 Å². The van der Waals surface area contributed by atoms with Gasteiger partial charge in [0.25, 0.3) is 5.91 Å². The van der Waals surface area contributed by atoms with E-state index in [1.165, 1.54) is 19.1 Å². The minimum atomic E-state index is -3.99. The number of carbonyl (C=O) groups is 2. The molecule has 0 radical (unpaired) electrons. The second-order valence-electron chi connectivity index (χ2n) is 4.18. The maximum Gasteiger partial charge on any atom is 0.328 e. The largest absolute Gasteiger partial charge is 0.463 e. The Morgan fingerprint density at radius 2 is 2.00 bits per heavy atom. The van der Waals surface area contributed by atoms with Gasteiger partial charge in [0.15, 0.2) is 0 Å². The summed E-state index contributed by atoms with van der Waals surface area (Å²) in [6.45, 7) is 0.769. The summed E-state index contributed by atoms with van der Waals surface area (Å²) in [6, 6.07) is 6.28. The van der Waals surface area contributed by atoms with Crippen molar-refractivity contribution in [2.24, 2.45) is 0 Å². The van der Waals surface area contributed by atoms with Crippen LogP contribution in [0.4, 0.5) is 5.69 Å². The van der Waals surface area contributed by atoms with Crippen molar-refractivity contribution in [3.05, 3.63) is 29.8 Å². The Kier molecular flexibility index (Phi) is 4.43. The number of ether oxygens (including phenoxy) is 2. The first-order valence-corrected chi connectivity index (χ1v) is 7.51. The van der Waals surface area contributed by atoms with E-state index in [-0.39, 0.29) is 24.5 Å². The molecule has 9 heteroatoms. The number of carbonyl (C=O) groups excluding carboxylic acids is 2. The Morgan fingerprint density at radius 3 is 2.71 bits per heavy atom. The van der Waals surface area contributed by atoms with Crippen molar-refractivity contribution in [2.75, 3.05) is 24.7 Å². The van der Waals surface area contributed by atoms with Crippen LogP contribution in [-0.4, -0.2) is 44.5 Å². The van der Waals surface area contributed by atoms with Crippen LogP contribution >= 0.6 is 0 Å². The molecule has 21 heavy (non-hydrogen) atoms. The highest BCUT2D eigenvalue weighted by Gasteiger charge is 2.35. The number of nitrogens with zero attached hydrogens (tertiary/aromatic N) is 1. The van der Waals surface area contributed by atoms with Gasteiger partial charge in [-0.25, -0.2) is 0 Å². The average Bonchev–Trinajstić information content (AvgIpc) is 2.40. The zero-order valence-corrected chi connectivity index (χ0v) is 12.1. The van der Waals surface area contributed by atoms with Crippen molar-refractivity contribution < 1.29 is 27.5 Å². The summed E-state index contributed by atoms with van der Waals surface area (Å²) in [5.41, 5.74) is 0.481. The predicted octanol–water partition coefficient (Wildman–Crippen LogP) is 0.336. The second kappa shape index (κ2) is 6.10. The SMILES string of the molecule is CC(=O)OCCOCN1C(=O)c2ccccc2NS1(=O)=O. The van der Waals surface area contributed by atoms with Crippen LogP contribution in [0.3, 0.4) is 0 Å². The maximum absolute atomic E-state index is 12.1. The minimum absolute atomic E-state index is 0.0125. The van der Waals surface area contributed by atoms with Crippen molar-refractivity contribution in [3.8, 4) is 0 Å². The van der Waals surface area contributed by atoms with Gasteiger partial charge in [-0.05, 0) is 12.1 Å². The summed E-state index contributed by atoms with van der Waals surface area (Å²) in [7, 11) is -3.99. The molecular formula is C12H14N2O6S. The number of esters is 1. The van der Waals surface area contributed by atoms with E-state index in [9.17, 15) is 18.0 Å². The van der Waals surface area contributed by atoms with Crippen molar-refractivity contribution in [2.45, 2.75) is 6.92 Å². The molecule has 0 bridgehead atoms. The first-order valence-electron chi connectivity index (χ1n) is 6.07. The highest BCUT2D eigenvalue weighted by Crippen LogP contribution is 2.25. The molecule has 114 valence electrons. The van der Waals surface area contributed by atoms with Crippen molar-refractivity contribution >= 4 is 27.8 Å². The molecule has 1 heterocycles. The predicted molar refractivity (Wildman–Crippen MR) is 72.6 cm³/mol. The molecule has 0 saturated carbocycles. The Balaban J connectivity index is 2.03. The van der Waals surface area contributed by atoms with Gasteiger partial charge in [-0.2, -0.15) is 12.7 Å². The Labute approximate surface area is 121 Å². The van der Waals surface area contributed by atoms with Crippen LogP contribution in [0.25, 0.3) is 0 Å². The summed E-state index contributed by atoms with van der Waals surface area (Å²) >= 11 is 0. The van der Waals surface area contributed by atoms with Crippen LogP contribution in [-0.2, 0) is 24.5 Å². The van der Waals surface area contributed by atoms with Gasteiger partial charge in [-0.15, -0.1) is 0 Å². The monoisotopic (exact) mass is 314 g/mol. The number of hydrogen-bond donors (Lipinski definition) is 1. The van der Waals surface area contributed by atoms with Crippen molar-refractivity contribution in [1.29, 1.82) is 0 Å². The first-order chi connectivity index (χ1) is 9.92. The van der Waals surface area contributed by atoms with Crippen LogP contribution in [0.5, 0.6) is 0 Å². The van der Waals surface area contributed by atoms with Crippen LogP contribution in [0, 0.1) is 0 Å². The van der Waals surface area contributed by atoms with E-state index >= 15 is 0 Å². The Hall–Kier alpha value is -2.13. The smallest absolute Gasteiger partial charge is 0.328 e. The summed E-state index contributed by atoms with van der Waals surface area (Å²) in [5.74, 6) is -1.13. The van der Waals surface area contributed by atoms with E-state index in [1.54, 1.807) is 12.1 Å². The van der Waals surface area contributed by atoms with Gasteiger partial charge in [-0.1, -0.05) is 12.1 Å². The fourth-order valence-corrected chi connectivity index (χ4v) is 2.81. The average molecular weight is 314 g/mol. The molecule has 0 spiro atoms. The molecule has 0 unspecified atom stereocenters. The molecule has 1 aliphatic heterocycles. The van der Waals surface area contributed by atoms with Crippen molar-refractivity contribution in [1.82, 2.24) is 4.31 Å². The molecule has 0 fully saturated rings. The third-order valence-corrected chi connectivity index (χ3v) is 3.98. The molecule has 1 aromatic carbocycles. The lowest BCUT2D eigenvalue weighted by Crippen LogP contribution is -2.45. The molecule has 0 saturated heterocycles. The molecule has 1 aromatic rings. The number of benzene rings is 1. The number of anilines is 1. The summed E-state index contributed by atoms with van der Waals surface area (Å²) in [4.78, 5) is 22.7. The molecular weight excluding hydrogens is 300 g/mol. The number of hydrogen-bond acceptors (Lipinski definition) is 6. The quantitative estimate of drug-likeness (QED) is 0.621. The molecule has 0 aliphatic carbocycles. The van der Waals surface area contributed by atoms with Crippen LogP contribution in [0.15, 0.2) is 24.3 Å². The van der Waals surface area contributed by atoms with Crippen LogP contribution < -0.4 is 4.72 Å². The number of nitrogens with one attached hydrogen (secondary N) is 1. The molecule has 2 rings (SSSR count). The minimum Gasteiger partial charge on any atom is -0.463 e.